The lowest BCUT2D eigenvalue weighted by atomic mass is 9.92. The molecule has 0 spiro atoms. The van der Waals surface area contributed by atoms with Crippen molar-refractivity contribution < 1.29 is 54.2 Å². The van der Waals surface area contributed by atoms with E-state index >= 15 is 0 Å². The van der Waals surface area contributed by atoms with Crippen LogP contribution in [0.3, 0.4) is 0 Å². The van der Waals surface area contributed by atoms with Crippen molar-refractivity contribution >= 4 is 29.8 Å². The van der Waals surface area contributed by atoms with E-state index in [1.54, 1.807) is 0 Å². The zero-order valence-corrected chi connectivity index (χ0v) is 16.2. The summed E-state index contributed by atoms with van der Waals surface area (Å²) in [6.07, 6.45) is -5.16. The number of amides is 4. The Morgan fingerprint density at radius 1 is 1.16 bits per heavy atom. The number of carbonyl (C=O) groups excluding carboxylic acids is 3. The maximum absolute atomic E-state index is 12.3. The SMILES string of the molecule is CC(=O)N[C@H]1[C@H]([C@H](O)[C@H](O)CO)OC(C(=O)O)=C[C@@H]1NC(=O)N[C@@H](CC(N)=O)C(=O)O. The molecule has 15 nitrogen and oxygen atoms in total. The highest BCUT2D eigenvalue weighted by molar-refractivity contribution is 5.88. The van der Waals surface area contributed by atoms with Gasteiger partial charge in [-0.3, -0.25) is 9.59 Å². The molecular formula is C16H24N4O11. The number of rotatable bonds is 10. The fourth-order valence-corrected chi connectivity index (χ4v) is 2.75. The number of aliphatic carboxylic acids is 2. The number of nitrogens with two attached hydrogens (primary N) is 1. The van der Waals surface area contributed by atoms with Gasteiger partial charge < -0.3 is 52.0 Å². The summed E-state index contributed by atoms with van der Waals surface area (Å²) in [5.41, 5.74) is 4.93. The third-order valence-corrected chi connectivity index (χ3v) is 4.14. The summed E-state index contributed by atoms with van der Waals surface area (Å²) in [7, 11) is 0. The van der Waals surface area contributed by atoms with Crippen LogP contribution in [0.2, 0.25) is 0 Å². The number of hydrogen-bond acceptors (Lipinski definition) is 9. The van der Waals surface area contributed by atoms with E-state index in [4.69, 9.17) is 20.7 Å². The molecule has 10 N–H and O–H groups in total. The summed E-state index contributed by atoms with van der Waals surface area (Å²) in [6, 6.07) is -5.59. The fourth-order valence-electron chi connectivity index (χ4n) is 2.75. The van der Waals surface area contributed by atoms with Gasteiger partial charge in [0.15, 0.2) is 0 Å². The number of primary amides is 1. The summed E-state index contributed by atoms with van der Waals surface area (Å²) in [6.45, 7) is 0.152. The number of hydrogen-bond donors (Lipinski definition) is 9. The molecule has 1 heterocycles. The van der Waals surface area contributed by atoms with Gasteiger partial charge in [0, 0.05) is 6.92 Å². The minimum atomic E-state index is -1.89. The van der Waals surface area contributed by atoms with Crippen molar-refractivity contribution in [3.63, 3.8) is 0 Å². The second kappa shape index (κ2) is 11.1. The quantitative estimate of drug-likeness (QED) is 0.154. The van der Waals surface area contributed by atoms with Gasteiger partial charge in [0.2, 0.25) is 17.6 Å². The first-order chi connectivity index (χ1) is 14.4. The topological polar surface area (TPSA) is 258 Å². The molecule has 1 aliphatic heterocycles. The molecule has 0 fully saturated rings. The van der Waals surface area contributed by atoms with Crippen molar-refractivity contribution in [1.82, 2.24) is 16.0 Å². The lowest BCUT2D eigenvalue weighted by Crippen LogP contribution is -2.64. The van der Waals surface area contributed by atoms with Crippen molar-refractivity contribution in [1.29, 1.82) is 0 Å². The van der Waals surface area contributed by atoms with E-state index in [-0.39, 0.29) is 0 Å². The Hall–Kier alpha value is -3.43. The van der Waals surface area contributed by atoms with E-state index in [2.05, 4.69) is 10.6 Å². The van der Waals surface area contributed by atoms with Crippen molar-refractivity contribution in [2.75, 3.05) is 6.61 Å². The molecule has 0 aromatic heterocycles. The van der Waals surface area contributed by atoms with Crippen LogP contribution < -0.4 is 21.7 Å². The molecule has 0 aliphatic carbocycles. The number of aliphatic hydroxyl groups is 3. The summed E-state index contributed by atoms with van der Waals surface area (Å²) < 4.78 is 5.13. The first-order valence-corrected chi connectivity index (χ1v) is 8.81. The van der Waals surface area contributed by atoms with E-state index in [1.807, 2.05) is 5.32 Å². The van der Waals surface area contributed by atoms with Gasteiger partial charge in [-0.1, -0.05) is 0 Å². The molecule has 0 radical (unpaired) electrons. The van der Waals surface area contributed by atoms with E-state index in [0.29, 0.717) is 0 Å². The lowest BCUT2D eigenvalue weighted by Gasteiger charge is -2.40. The van der Waals surface area contributed by atoms with Gasteiger partial charge in [0.1, 0.15) is 24.4 Å². The predicted octanol–water partition coefficient (Wildman–Crippen LogP) is -4.43. The third-order valence-electron chi connectivity index (χ3n) is 4.14. The van der Waals surface area contributed by atoms with Gasteiger partial charge >= 0.3 is 18.0 Å². The Balaban J connectivity index is 3.21. The van der Waals surface area contributed by atoms with Crippen molar-refractivity contribution in [3.8, 4) is 0 Å². The van der Waals surface area contributed by atoms with Crippen LogP contribution in [0.1, 0.15) is 13.3 Å². The van der Waals surface area contributed by atoms with Crippen LogP contribution >= 0.6 is 0 Å². The predicted molar refractivity (Wildman–Crippen MR) is 98.0 cm³/mol. The van der Waals surface area contributed by atoms with Crippen molar-refractivity contribution in [2.24, 2.45) is 5.73 Å². The van der Waals surface area contributed by atoms with Gasteiger partial charge in [0.25, 0.3) is 0 Å². The summed E-state index contributed by atoms with van der Waals surface area (Å²) in [5, 5.41) is 53.8. The molecule has 1 rings (SSSR count). The van der Waals surface area contributed by atoms with Gasteiger partial charge in [-0.25, -0.2) is 14.4 Å². The maximum Gasteiger partial charge on any atom is 0.370 e. The van der Waals surface area contributed by atoms with Crippen LogP contribution in [0.25, 0.3) is 0 Å². The van der Waals surface area contributed by atoms with E-state index in [9.17, 15) is 39.3 Å². The number of carboxylic acids is 2. The van der Waals surface area contributed by atoms with Gasteiger partial charge in [-0.15, -0.1) is 0 Å². The lowest BCUT2D eigenvalue weighted by molar-refractivity contribution is -0.146. The maximum atomic E-state index is 12.3. The molecule has 1 aliphatic rings. The average Bonchev–Trinajstić information content (AvgIpc) is 2.66. The highest BCUT2D eigenvalue weighted by Crippen LogP contribution is 2.23. The Bertz CT molecular complexity index is 756. The number of carboxylic acid groups (broad SMARTS) is 2. The Labute approximate surface area is 174 Å². The molecule has 15 heteroatoms. The Morgan fingerprint density at radius 2 is 1.77 bits per heavy atom. The minimum Gasteiger partial charge on any atom is -0.480 e. The van der Waals surface area contributed by atoms with Crippen LogP contribution in [0.4, 0.5) is 4.79 Å². The second-order valence-electron chi connectivity index (χ2n) is 6.59. The summed E-state index contributed by atoms with van der Waals surface area (Å²) in [4.78, 5) is 57.4. The zero-order chi connectivity index (χ0) is 23.9. The van der Waals surface area contributed by atoms with Crippen LogP contribution in [0, 0.1) is 0 Å². The summed E-state index contributed by atoms with van der Waals surface area (Å²) in [5.74, 6) is -5.63. The first-order valence-electron chi connectivity index (χ1n) is 8.81. The standard InChI is InChI=1S/C16H24N4O11/c1-5(22)18-11-6(19-16(30)20-7(14(26)27)3-10(17)24)2-9(15(28)29)31-13(11)12(25)8(23)4-21/h2,6-8,11-13,21,23,25H,3-4H2,1H3,(H2,17,24)(H,18,22)(H,26,27)(H,28,29)(H2,19,20,30)/t6-,7-,8+,11+,12+,13+/m0/s1. The highest BCUT2D eigenvalue weighted by atomic mass is 16.5. The second-order valence-corrected chi connectivity index (χ2v) is 6.59. The minimum absolute atomic E-state index is 0.680. The molecule has 0 unspecified atom stereocenters. The molecule has 0 saturated heterocycles. The van der Waals surface area contributed by atoms with Crippen molar-refractivity contribution in [3.05, 3.63) is 11.8 Å². The molecule has 0 saturated carbocycles. The van der Waals surface area contributed by atoms with Crippen molar-refractivity contribution in [2.45, 2.75) is 49.8 Å². The average molecular weight is 448 g/mol. The largest absolute Gasteiger partial charge is 0.480 e. The molecular weight excluding hydrogens is 424 g/mol. The smallest absolute Gasteiger partial charge is 0.370 e. The van der Waals surface area contributed by atoms with E-state index < -0.39 is 85.0 Å². The highest BCUT2D eigenvalue weighted by Gasteiger charge is 2.44. The number of aliphatic hydroxyl groups excluding tert-OH is 3. The Morgan fingerprint density at radius 3 is 2.23 bits per heavy atom. The monoisotopic (exact) mass is 448 g/mol. The summed E-state index contributed by atoms with van der Waals surface area (Å²) >= 11 is 0. The molecule has 0 aromatic rings. The van der Waals surface area contributed by atoms with E-state index in [1.165, 1.54) is 0 Å². The van der Waals surface area contributed by atoms with Crippen LogP contribution in [-0.4, -0.2) is 98.4 Å². The number of nitrogens with one attached hydrogen (secondary N) is 3. The molecule has 0 bridgehead atoms. The Kier molecular flexibility index (Phi) is 9.16. The van der Waals surface area contributed by atoms with Gasteiger partial charge in [0.05, 0.1) is 25.1 Å². The number of urea groups is 1. The van der Waals surface area contributed by atoms with Crippen LogP contribution in [-0.2, 0) is 23.9 Å². The number of carbonyl (C=O) groups is 5. The van der Waals surface area contributed by atoms with E-state index in [0.717, 1.165) is 13.0 Å². The normalized spacial score (nSPS) is 23.2. The molecule has 31 heavy (non-hydrogen) atoms. The van der Waals surface area contributed by atoms with Gasteiger partial charge in [-0.2, -0.15) is 0 Å². The zero-order valence-electron chi connectivity index (χ0n) is 16.2. The molecule has 6 atom stereocenters. The van der Waals surface area contributed by atoms with Crippen LogP contribution in [0.5, 0.6) is 0 Å². The molecule has 174 valence electrons. The first kappa shape index (κ1) is 25.6. The molecule has 0 aromatic carbocycles. The number of ether oxygens (including phenoxy) is 1. The van der Waals surface area contributed by atoms with Crippen LogP contribution in [0.15, 0.2) is 11.8 Å². The van der Waals surface area contributed by atoms with Gasteiger partial charge in [-0.05, 0) is 6.08 Å². The molecule has 4 amide bonds. The fraction of sp³-hybridized carbons (Fsp3) is 0.562. The third kappa shape index (κ3) is 7.40.